The van der Waals surface area contributed by atoms with Crippen molar-refractivity contribution in [2.75, 3.05) is 0 Å². The average molecular weight is 523 g/mol. The Kier molecular flexibility index (Phi) is 4.49. The van der Waals surface area contributed by atoms with Crippen molar-refractivity contribution in [3.63, 3.8) is 0 Å². The van der Waals surface area contributed by atoms with Crippen LogP contribution >= 0.6 is 23.5 Å². The zero-order valence-electron chi connectivity index (χ0n) is 18.3. The van der Waals surface area contributed by atoms with E-state index in [0.29, 0.717) is 21.2 Å². The molecule has 2 aliphatic heterocycles. The maximum absolute atomic E-state index is 15.3. The summed E-state index contributed by atoms with van der Waals surface area (Å²) in [4.78, 5) is 8.83. The van der Waals surface area contributed by atoms with Crippen LogP contribution in [0, 0.1) is 0 Å². The van der Waals surface area contributed by atoms with E-state index in [1.165, 1.54) is 13.8 Å². The Morgan fingerprint density at radius 1 is 0.571 bits per heavy atom. The van der Waals surface area contributed by atoms with E-state index in [9.17, 15) is 8.78 Å². The molecule has 0 aromatic heterocycles. The van der Waals surface area contributed by atoms with Gasteiger partial charge in [-0.1, -0.05) is 84.2 Å². The molecule has 2 aromatic rings. The third-order valence-corrected chi connectivity index (χ3v) is 9.69. The molecule has 1 fully saturated rings. The molecule has 0 amide bonds. The summed E-state index contributed by atoms with van der Waals surface area (Å²) in [5, 5.41) is 0.584. The van der Waals surface area contributed by atoms with Gasteiger partial charge in [0.05, 0.1) is 11.1 Å². The number of thioether (sulfide) groups is 2. The van der Waals surface area contributed by atoms with E-state index in [4.69, 9.17) is 9.98 Å². The van der Waals surface area contributed by atoms with Crippen LogP contribution in [-0.2, 0) is 0 Å². The standard InChI is InChI=1S/C25H16F6N2S2/c1-21-17(34-19(32-21)13-9-5-3-6-10-13)15-16(24(28,29)25(30,31)23(15,26)27)18-22(21,2)33-20(35-18)14-11-7-4-8-12-14/h3-12H,1-2H3. The largest absolute Gasteiger partial charge is 0.380 e. The minimum absolute atomic E-state index is 0.292. The van der Waals surface area contributed by atoms with Gasteiger partial charge in [0.1, 0.15) is 21.2 Å². The number of allylic oxidation sites excluding steroid dienone is 2. The van der Waals surface area contributed by atoms with Crippen LogP contribution < -0.4 is 0 Å². The normalized spacial score (nSPS) is 31.7. The van der Waals surface area contributed by atoms with Gasteiger partial charge in [0.2, 0.25) is 0 Å². The lowest BCUT2D eigenvalue weighted by atomic mass is 9.72. The maximum atomic E-state index is 15.3. The molecule has 2 aliphatic carbocycles. The summed E-state index contributed by atoms with van der Waals surface area (Å²) in [7, 11) is 0. The molecule has 2 unspecified atom stereocenters. The van der Waals surface area contributed by atoms with Crippen LogP contribution in [0.1, 0.15) is 25.0 Å². The highest BCUT2D eigenvalue weighted by molar-refractivity contribution is 8.18. The number of aliphatic imine (C=N–C) groups is 2. The molecule has 4 aliphatic rings. The number of hydrogen-bond acceptors (Lipinski definition) is 4. The van der Waals surface area contributed by atoms with E-state index in [-0.39, 0.29) is 9.81 Å². The smallest absolute Gasteiger partial charge is 0.263 e. The number of hydrogen-bond donors (Lipinski definition) is 0. The Morgan fingerprint density at radius 2 is 0.914 bits per heavy atom. The molecule has 0 saturated heterocycles. The van der Waals surface area contributed by atoms with Gasteiger partial charge < -0.3 is 0 Å². The predicted octanol–water partition coefficient (Wildman–Crippen LogP) is 7.33. The highest BCUT2D eigenvalue weighted by Gasteiger charge is 2.85. The molecule has 2 aromatic carbocycles. The Balaban J connectivity index is 1.67. The van der Waals surface area contributed by atoms with E-state index in [2.05, 4.69) is 0 Å². The summed E-state index contributed by atoms with van der Waals surface area (Å²) in [6.07, 6.45) is 0. The maximum Gasteiger partial charge on any atom is 0.380 e. The van der Waals surface area contributed by atoms with Gasteiger partial charge in [-0.25, -0.2) is 0 Å². The zero-order chi connectivity index (χ0) is 25.0. The van der Waals surface area contributed by atoms with E-state index in [0.717, 1.165) is 23.5 Å². The lowest BCUT2D eigenvalue weighted by molar-refractivity contribution is -0.258. The van der Waals surface area contributed by atoms with Crippen molar-refractivity contribution in [3.05, 3.63) is 92.7 Å². The molecule has 0 spiro atoms. The quantitative estimate of drug-likeness (QED) is 0.386. The van der Waals surface area contributed by atoms with Gasteiger partial charge in [-0.05, 0) is 13.8 Å². The second-order valence-corrected chi connectivity index (χ2v) is 11.0. The minimum Gasteiger partial charge on any atom is -0.263 e. The molecule has 35 heavy (non-hydrogen) atoms. The topological polar surface area (TPSA) is 24.7 Å². The minimum atomic E-state index is -5.59. The number of alkyl halides is 6. The predicted molar refractivity (Wildman–Crippen MR) is 127 cm³/mol. The molecule has 10 heteroatoms. The van der Waals surface area contributed by atoms with Gasteiger partial charge in [-0.2, -0.15) is 26.3 Å². The van der Waals surface area contributed by atoms with Crippen LogP contribution in [0.15, 0.2) is 91.6 Å². The summed E-state index contributed by atoms with van der Waals surface area (Å²) in [6.45, 7) is 3.02. The summed E-state index contributed by atoms with van der Waals surface area (Å²) < 4.78 is 90.5. The molecular weight excluding hydrogens is 506 g/mol. The van der Waals surface area contributed by atoms with E-state index >= 15 is 17.6 Å². The van der Waals surface area contributed by atoms with Crippen LogP contribution in [0.3, 0.4) is 0 Å². The van der Waals surface area contributed by atoms with Crippen molar-refractivity contribution in [1.29, 1.82) is 0 Å². The van der Waals surface area contributed by atoms with Gasteiger partial charge in [0.25, 0.3) is 0 Å². The fraction of sp³-hybridized carbons (Fsp3) is 0.280. The second kappa shape index (κ2) is 6.85. The fourth-order valence-corrected chi connectivity index (χ4v) is 7.84. The Bertz CT molecular complexity index is 1290. The van der Waals surface area contributed by atoms with Crippen molar-refractivity contribution in [3.8, 4) is 0 Å². The number of fused-ring (bicyclic) bond motifs is 4. The summed E-state index contributed by atoms with van der Waals surface area (Å²) in [5.74, 6) is -15.8. The van der Waals surface area contributed by atoms with Gasteiger partial charge in [-0.3, -0.25) is 9.98 Å². The van der Waals surface area contributed by atoms with Gasteiger partial charge >= 0.3 is 17.8 Å². The molecule has 0 radical (unpaired) electrons. The summed E-state index contributed by atoms with van der Waals surface area (Å²) in [6, 6.07) is 17.2. The highest BCUT2D eigenvalue weighted by atomic mass is 32.2. The van der Waals surface area contributed by atoms with E-state index in [1.54, 1.807) is 60.7 Å². The molecule has 1 saturated carbocycles. The molecule has 2 atom stereocenters. The first-order valence-corrected chi connectivity index (χ1v) is 12.3. The Hall–Kier alpha value is -2.46. The highest BCUT2D eigenvalue weighted by Crippen LogP contribution is 2.72. The SMILES string of the molecule is CC12N=C(c3ccccc3)SC1=C1C(=C3SC(c4ccccc4)=NC32C)C(F)(F)C(F)(F)C1(F)F. The third kappa shape index (κ3) is 2.62. The number of rotatable bonds is 2. The van der Waals surface area contributed by atoms with Crippen LogP contribution in [0.2, 0.25) is 0 Å². The lowest BCUT2D eigenvalue weighted by Crippen LogP contribution is -2.50. The summed E-state index contributed by atoms with van der Waals surface area (Å²) in [5.41, 5.74) is -4.66. The van der Waals surface area contributed by atoms with Crippen molar-refractivity contribution in [2.45, 2.75) is 42.7 Å². The third-order valence-electron chi connectivity index (χ3n) is 7.04. The summed E-state index contributed by atoms with van der Waals surface area (Å²) >= 11 is 1.48. The van der Waals surface area contributed by atoms with Crippen molar-refractivity contribution < 1.29 is 26.3 Å². The van der Waals surface area contributed by atoms with E-state index in [1.807, 2.05) is 0 Å². The van der Waals surface area contributed by atoms with Crippen LogP contribution in [-0.4, -0.2) is 38.9 Å². The first-order valence-electron chi connectivity index (χ1n) is 10.7. The molecule has 180 valence electrons. The Morgan fingerprint density at radius 3 is 1.26 bits per heavy atom. The molecule has 0 bridgehead atoms. The first-order chi connectivity index (χ1) is 16.4. The second-order valence-electron chi connectivity index (χ2n) is 9.05. The molecule has 2 nitrogen and oxygen atoms in total. The van der Waals surface area contributed by atoms with Gasteiger partial charge in [-0.15, -0.1) is 0 Å². The van der Waals surface area contributed by atoms with Crippen molar-refractivity contribution >= 4 is 33.6 Å². The van der Waals surface area contributed by atoms with Gasteiger partial charge in [0.15, 0.2) is 0 Å². The number of benzene rings is 2. The van der Waals surface area contributed by atoms with Crippen LogP contribution in [0.4, 0.5) is 26.3 Å². The molecule has 0 N–H and O–H groups in total. The number of halogens is 6. The molecular formula is C25H16F6N2S2. The van der Waals surface area contributed by atoms with Crippen LogP contribution in [0.5, 0.6) is 0 Å². The average Bonchev–Trinajstić information content (AvgIpc) is 3.40. The lowest BCUT2D eigenvalue weighted by Gasteiger charge is -2.42. The van der Waals surface area contributed by atoms with E-state index < -0.39 is 40.0 Å². The zero-order valence-corrected chi connectivity index (χ0v) is 19.9. The van der Waals surface area contributed by atoms with Crippen LogP contribution in [0.25, 0.3) is 0 Å². The monoisotopic (exact) mass is 522 g/mol. The van der Waals surface area contributed by atoms with Crippen molar-refractivity contribution in [2.24, 2.45) is 9.98 Å². The van der Waals surface area contributed by atoms with Crippen molar-refractivity contribution in [1.82, 2.24) is 0 Å². The Labute approximate surface area is 205 Å². The van der Waals surface area contributed by atoms with Gasteiger partial charge in [0, 0.05) is 20.9 Å². The first kappa shape index (κ1) is 23.0. The molecule has 6 rings (SSSR count). The molecule has 2 heterocycles. The fourth-order valence-electron chi connectivity index (χ4n) is 4.94. The number of nitrogens with zero attached hydrogens (tertiary/aromatic N) is 2.